The van der Waals surface area contributed by atoms with Gasteiger partial charge in [0.25, 0.3) is 11.8 Å². The number of nitrogens with one attached hydrogen (secondary N) is 1. The Hall–Kier alpha value is -3.16. The van der Waals surface area contributed by atoms with Crippen LogP contribution in [0.4, 0.5) is 6.01 Å². The zero-order valence-electron chi connectivity index (χ0n) is 14.3. The fourth-order valence-electron chi connectivity index (χ4n) is 2.29. The van der Waals surface area contributed by atoms with Gasteiger partial charge in [-0.3, -0.25) is 14.8 Å². The van der Waals surface area contributed by atoms with Crippen LogP contribution in [-0.2, 0) is 4.79 Å². The summed E-state index contributed by atoms with van der Waals surface area (Å²) in [5, 5.41) is 14.5. The summed E-state index contributed by atoms with van der Waals surface area (Å²) in [6.45, 7) is 5.76. The van der Waals surface area contributed by atoms with Crippen molar-refractivity contribution in [2.24, 2.45) is 0 Å². The monoisotopic (exact) mass is 341 g/mol. The van der Waals surface area contributed by atoms with Gasteiger partial charge in [0, 0.05) is 12.2 Å². The Morgan fingerprint density at radius 1 is 1.28 bits per heavy atom. The molecule has 0 aliphatic heterocycles. The molecule has 0 aliphatic rings. The van der Waals surface area contributed by atoms with Gasteiger partial charge in [-0.1, -0.05) is 23.3 Å². The zero-order chi connectivity index (χ0) is 17.8. The quantitative estimate of drug-likeness (QED) is 0.741. The summed E-state index contributed by atoms with van der Waals surface area (Å²) in [7, 11) is 0. The van der Waals surface area contributed by atoms with E-state index in [1.54, 1.807) is 23.0 Å². The maximum atomic E-state index is 12.0. The van der Waals surface area contributed by atoms with Crippen LogP contribution in [0.5, 0.6) is 5.75 Å². The molecule has 2 aromatic heterocycles. The third-order valence-corrected chi connectivity index (χ3v) is 3.50. The Labute approximate surface area is 144 Å². The predicted molar refractivity (Wildman–Crippen MR) is 91.2 cm³/mol. The number of para-hydroxylation sites is 1. The van der Waals surface area contributed by atoms with E-state index in [1.807, 2.05) is 39.0 Å². The first-order valence-electron chi connectivity index (χ1n) is 7.90. The highest BCUT2D eigenvalue weighted by Crippen LogP contribution is 2.22. The lowest BCUT2D eigenvalue weighted by Gasteiger charge is -2.08. The fourth-order valence-corrected chi connectivity index (χ4v) is 2.29. The van der Waals surface area contributed by atoms with Crippen molar-refractivity contribution in [1.82, 2.24) is 20.0 Å². The van der Waals surface area contributed by atoms with Crippen LogP contribution >= 0.6 is 0 Å². The summed E-state index contributed by atoms with van der Waals surface area (Å²) in [5.41, 5.74) is 1.65. The van der Waals surface area contributed by atoms with Gasteiger partial charge in [0.15, 0.2) is 6.61 Å². The molecular formula is C17H19N5O3. The molecule has 1 aromatic carbocycles. The summed E-state index contributed by atoms with van der Waals surface area (Å²) in [4.78, 5) is 12.0. The number of amides is 1. The summed E-state index contributed by atoms with van der Waals surface area (Å²) >= 11 is 0. The van der Waals surface area contributed by atoms with Gasteiger partial charge in [0.2, 0.25) is 0 Å². The van der Waals surface area contributed by atoms with Crippen molar-refractivity contribution < 1.29 is 13.9 Å². The number of aryl methyl sites for hydroxylation is 1. The van der Waals surface area contributed by atoms with Crippen LogP contribution in [0.15, 0.2) is 40.9 Å². The minimum atomic E-state index is -0.379. The maximum Gasteiger partial charge on any atom is 0.322 e. The minimum absolute atomic E-state index is 0.0184. The number of anilines is 1. The SMILES string of the molecule is Cc1ccccc1OCC(=O)Nc1nnc(-c2ccnn2C(C)C)o1. The first kappa shape index (κ1) is 16.7. The molecule has 0 atom stereocenters. The van der Waals surface area contributed by atoms with Gasteiger partial charge in [0.1, 0.15) is 11.4 Å². The molecule has 0 spiro atoms. The largest absolute Gasteiger partial charge is 0.483 e. The Balaban J connectivity index is 1.62. The molecule has 3 rings (SSSR count). The van der Waals surface area contributed by atoms with Gasteiger partial charge in [-0.05, 0) is 38.5 Å². The fraction of sp³-hybridized carbons (Fsp3) is 0.294. The van der Waals surface area contributed by atoms with E-state index in [0.29, 0.717) is 17.3 Å². The predicted octanol–water partition coefficient (Wildman–Crippen LogP) is 2.84. The van der Waals surface area contributed by atoms with Crippen LogP contribution in [0.3, 0.4) is 0 Å². The first-order valence-corrected chi connectivity index (χ1v) is 7.90. The Kier molecular flexibility index (Phi) is 4.78. The van der Waals surface area contributed by atoms with Crippen molar-refractivity contribution in [3.8, 4) is 17.3 Å². The lowest BCUT2D eigenvalue weighted by Crippen LogP contribution is -2.20. The Bertz CT molecular complexity index is 869. The highest BCUT2D eigenvalue weighted by Gasteiger charge is 2.16. The second kappa shape index (κ2) is 7.16. The van der Waals surface area contributed by atoms with E-state index in [0.717, 1.165) is 5.56 Å². The molecule has 3 aromatic rings. The van der Waals surface area contributed by atoms with Crippen molar-refractivity contribution in [3.63, 3.8) is 0 Å². The van der Waals surface area contributed by atoms with Gasteiger partial charge in [-0.15, -0.1) is 5.10 Å². The van der Waals surface area contributed by atoms with Crippen molar-refractivity contribution >= 4 is 11.9 Å². The minimum Gasteiger partial charge on any atom is -0.483 e. The lowest BCUT2D eigenvalue weighted by molar-refractivity contribution is -0.118. The molecule has 0 bridgehead atoms. The number of benzene rings is 1. The third-order valence-electron chi connectivity index (χ3n) is 3.50. The number of hydrogen-bond donors (Lipinski definition) is 1. The van der Waals surface area contributed by atoms with Gasteiger partial charge < -0.3 is 9.15 Å². The van der Waals surface area contributed by atoms with E-state index >= 15 is 0 Å². The van der Waals surface area contributed by atoms with Gasteiger partial charge in [-0.2, -0.15) is 5.10 Å². The van der Waals surface area contributed by atoms with Crippen molar-refractivity contribution in [1.29, 1.82) is 0 Å². The smallest absolute Gasteiger partial charge is 0.322 e. The summed E-state index contributed by atoms with van der Waals surface area (Å²) < 4.78 is 12.7. The molecule has 0 saturated heterocycles. The lowest BCUT2D eigenvalue weighted by atomic mass is 10.2. The Morgan fingerprint density at radius 2 is 2.08 bits per heavy atom. The molecule has 0 unspecified atom stereocenters. The number of carbonyl (C=O) groups is 1. The van der Waals surface area contributed by atoms with Crippen LogP contribution in [-0.4, -0.2) is 32.5 Å². The molecule has 0 saturated carbocycles. The average molecular weight is 341 g/mol. The number of carbonyl (C=O) groups excluding carboxylic acids is 1. The summed E-state index contributed by atoms with van der Waals surface area (Å²) in [6, 6.07) is 9.42. The molecule has 8 nitrogen and oxygen atoms in total. The van der Waals surface area contributed by atoms with Crippen LogP contribution in [0, 0.1) is 6.92 Å². The van der Waals surface area contributed by atoms with Crippen molar-refractivity contribution in [2.45, 2.75) is 26.8 Å². The normalized spacial score (nSPS) is 10.9. The Morgan fingerprint density at radius 3 is 2.84 bits per heavy atom. The highest BCUT2D eigenvalue weighted by molar-refractivity contribution is 5.89. The number of hydrogen-bond acceptors (Lipinski definition) is 6. The average Bonchev–Trinajstić information content (AvgIpc) is 3.22. The molecule has 0 aliphatic carbocycles. The second-order valence-corrected chi connectivity index (χ2v) is 5.77. The maximum absolute atomic E-state index is 12.0. The number of ether oxygens (including phenoxy) is 1. The van der Waals surface area contributed by atoms with E-state index in [-0.39, 0.29) is 24.6 Å². The number of aromatic nitrogens is 4. The van der Waals surface area contributed by atoms with E-state index in [9.17, 15) is 4.79 Å². The van der Waals surface area contributed by atoms with Crippen molar-refractivity contribution in [3.05, 3.63) is 42.1 Å². The summed E-state index contributed by atoms with van der Waals surface area (Å²) in [5.74, 6) is 0.571. The second-order valence-electron chi connectivity index (χ2n) is 5.77. The van der Waals surface area contributed by atoms with E-state index in [2.05, 4.69) is 20.6 Å². The topological polar surface area (TPSA) is 95.1 Å². The molecule has 1 N–H and O–H groups in total. The third kappa shape index (κ3) is 3.85. The highest BCUT2D eigenvalue weighted by atomic mass is 16.5. The molecule has 1 amide bonds. The molecule has 0 radical (unpaired) electrons. The molecule has 0 fully saturated rings. The molecule has 130 valence electrons. The molecule has 8 heteroatoms. The molecule has 25 heavy (non-hydrogen) atoms. The van der Waals surface area contributed by atoms with Gasteiger partial charge in [-0.25, -0.2) is 0 Å². The van der Waals surface area contributed by atoms with E-state index in [4.69, 9.17) is 9.15 Å². The number of rotatable bonds is 6. The van der Waals surface area contributed by atoms with Crippen molar-refractivity contribution in [2.75, 3.05) is 11.9 Å². The molecular weight excluding hydrogens is 322 g/mol. The van der Waals surface area contributed by atoms with Gasteiger partial charge >= 0.3 is 6.01 Å². The van der Waals surface area contributed by atoms with E-state index in [1.165, 1.54) is 0 Å². The number of nitrogens with zero attached hydrogens (tertiary/aromatic N) is 4. The van der Waals surface area contributed by atoms with Crippen LogP contribution in [0.2, 0.25) is 0 Å². The summed E-state index contributed by atoms with van der Waals surface area (Å²) in [6.07, 6.45) is 1.66. The van der Waals surface area contributed by atoms with Crippen LogP contribution < -0.4 is 10.1 Å². The standard InChI is InChI=1S/C17H19N5O3/c1-11(2)22-13(8-9-18-22)16-20-21-17(25-16)19-15(23)10-24-14-7-5-4-6-12(14)3/h4-9,11H,10H2,1-3H3,(H,19,21,23). The van der Waals surface area contributed by atoms with Crippen LogP contribution in [0.25, 0.3) is 11.6 Å². The first-order chi connectivity index (χ1) is 12.0. The molecule has 2 heterocycles. The zero-order valence-corrected chi connectivity index (χ0v) is 14.3. The van der Waals surface area contributed by atoms with Gasteiger partial charge in [0.05, 0.1) is 0 Å². The van der Waals surface area contributed by atoms with E-state index < -0.39 is 0 Å². The van der Waals surface area contributed by atoms with Crippen LogP contribution in [0.1, 0.15) is 25.5 Å².